The van der Waals surface area contributed by atoms with E-state index in [-0.39, 0.29) is 36.0 Å². The molecule has 1 unspecified atom stereocenters. The van der Waals surface area contributed by atoms with Crippen LogP contribution < -0.4 is 10.6 Å². The monoisotopic (exact) mass is 451 g/mol. The van der Waals surface area contributed by atoms with Gasteiger partial charge in [-0.3, -0.25) is 9.67 Å². The van der Waals surface area contributed by atoms with E-state index >= 15 is 0 Å². The van der Waals surface area contributed by atoms with Crippen LogP contribution in [-0.4, -0.2) is 60.3 Å². The number of halogens is 1. The number of aromatic nitrogens is 2. The van der Waals surface area contributed by atoms with Gasteiger partial charge in [-0.25, -0.2) is 0 Å². The van der Waals surface area contributed by atoms with E-state index in [0.717, 1.165) is 50.6 Å². The average molecular weight is 451 g/mol. The molecule has 0 saturated carbocycles. The summed E-state index contributed by atoms with van der Waals surface area (Å²) in [7, 11) is 0. The molecule has 1 aromatic rings. The van der Waals surface area contributed by atoms with E-state index in [1.54, 1.807) is 0 Å². The third kappa shape index (κ3) is 6.56. The Hall–Kier alpha value is -0.870. The van der Waals surface area contributed by atoms with Crippen LogP contribution in [0.3, 0.4) is 0 Å². The molecule has 0 amide bonds. The number of ether oxygens (including phenoxy) is 1. The van der Waals surface area contributed by atoms with Crippen LogP contribution in [-0.2, 0) is 11.3 Å². The van der Waals surface area contributed by atoms with Crippen LogP contribution in [0, 0.1) is 12.3 Å². The zero-order chi connectivity index (χ0) is 16.5. The molecule has 3 N–H and O–H groups in total. The van der Waals surface area contributed by atoms with Gasteiger partial charge in [-0.2, -0.15) is 5.10 Å². The van der Waals surface area contributed by atoms with Crippen LogP contribution in [0.25, 0.3) is 0 Å². The largest absolute Gasteiger partial charge is 0.396 e. The third-order valence-corrected chi connectivity index (χ3v) is 4.14. The topological polar surface area (TPSA) is 83.7 Å². The summed E-state index contributed by atoms with van der Waals surface area (Å²) in [5.41, 5.74) is 1.15. The maximum Gasteiger partial charge on any atom is 0.191 e. The summed E-state index contributed by atoms with van der Waals surface area (Å²) < 4.78 is 7.43. The highest BCUT2D eigenvalue weighted by molar-refractivity contribution is 14.0. The van der Waals surface area contributed by atoms with Gasteiger partial charge in [0.1, 0.15) is 0 Å². The van der Waals surface area contributed by atoms with Gasteiger partial charge in [-0.05, 0) is 32.3 Å². The Balaban J connectivity index is 0.00000288. The van der Waals surface area contributed by atoms with Crippen LogP contribution in [0.5, 0.6) is 0 Å². The molecule has 2 rings (SSSR count). The highest BCUT2D eigenvalue weighted by Crippen LogP contribution is 2.32. The molecule has 0 aliphatic carbocycles. The Labute approximate surface area is 161 Å². The van der Waals surface area contributed by atoms with E-state index < -0.39 is 0 Å². The molecule has 0 spiro atoms. The van der Waals surface area contributed by atoms with Gasteiger partial charge in [0, 0.05) is 37.9 Å². The number of nitrogens with zero attached hydrogens (tertiary/aromatic N) is 3. The first-order valence-electron chi connectivity index (χ1n) is 8.37. The summed E-state index contributed by atoms with van der Waals surface area (Å²) in [6.45, 7) is 8.76. The van der Waals surface area contributed by atoms with Crippen LogP contribution in [0.2, 0.25) is 0 Å². The molecule has 138 valence electrons. The lowest BCUT2D eigenvalue weighted by molar-refractivity contribution is 0.131. The molecular weight excluding hydrogens is 421 g/mol. The van der Waals surface area contributed by atoms with Crippen LogP contribution in [0.1, 0.15) is 25.3 Å². The lowest BCUT2D eigenvalue weighted by Crippen LogP contribution is -2.40. The SMILES string of the molecule is CCNC(=NCC1(CCO)CCOC1)NCCn1cc(C)cn1.I. The highest BCUT2D eigenvalue weighted by Gasteiger charge is 2.34. The fourth-order valence-electron chi connectivity index (χ4n) is 2.75. The van der Waals surface area contributed by atoms with Gasteiger partial charge < -0.3 is 20.5 Å². The van der Waals surface area contributed by atoms with E-state index in [9.17, 15) is 5.11 Å². The molecular formula is C16H30IN5O2. The second kappa shape index (κ2) is 10.9. The van der Waals surface area contributed by atoms with Crippen molar-refractivity contribution in [2.45, 2.75) is 33.2 Å². The van der Waals surface area contributed by atoms with Crippen molar-refractivity contribution in [1.82, 2.24) is 20.4 Å². The predicted octanol–water partition coefficient (Wildman–Crippen LogP) is 1.15. The second-order valence-corrected chi connectivity index (χ2v) is 6.18. The van der Waals surface area contributed by atoms with Gasteiger partial charge in [-0.15, -0.1) is 24.0 Å². The molecule has 0 aromatic carbocycles. The molecule has 0 bridgehead atoms. The van der Waals surface area contributed by atoms with Crippen LogP contribution in [0.15, 0.2) is 17.4 Å². The van der Waals surface area contributed by atoms with Gasteiger partial charge in [0.15, 0.2) is 5.96 Å². The molecule has 2 heterocycles. The number of aryl methyl sites for hydroxylation is 1. The number of aliphatic hydroxyl groups excluding tert-OH is 1. The lowest BCUT2D eigenvalue weighted by atomic mass is 9.84. The molecule has 0 radical (unpaired) electrons. The fraction of sp³-hybridized carbons (Fsp3) is 0.750. The molecule has 1 saturated heterocycles. The van der Waals surface area contributed by atoms with Crippen LogP contribution >= 0.6 is 24.0 Å². The van der Waals surface area contributed by atoms with Crippen molar-refractivity contribution in [3.05, 3.63) is 18.0 Å². The number of aliphatic hydroxyl groups is 1. The number of nitrogens with one attached hydrogen (secondary N) is 2. The second-order valence-electron chi connectivity index (χ2n) is 6.18. The standard InChI is InChI=1S/C16H29N5O2.HI/c1-3-17-15(18-6-7-21-11-14(2)10-20-21)19-12-16(4-8-22)5-9-23-13-16;/h10-11,22H,3-9,12-13H2,1-2H3,(H2,17,18,19);1H. The first-order chi connectivity index (χ1) is 11.2. The van der Waals surface area contributed by atoms with E-state index in [4.69, 9.17) is 9.73 Å². The zero-order valence-electron chi connectivity index (χ0n) is 14.6. The van der Waals surface area contributed by atoms with Crippen LogP contribution in [0.4, 0.5) is 0 Å². The average Bonchev–Trinajstić information content (AvgIpc) is 3.15. The number of hydrogen-bond acceptors (Lipinski definition) is 4. The van der Waals surface area contributed by atoms with Crippen molar-refractivity contribution < 1.29 is 9.84 Å². The summed E-state index contributed by atoms with van der Waals surface area (Å²) in [5, 5.41) is 20.2. The Morgan fingerprint density at radius 2 is 2.33 bits per heavy atom. The van der Waals surface area contributed by atoms with Gasteiger partial charge in [0.2, 0.25) is 0 Å². The maximum absolute atomic E-state index is 9.28. The first kappa shape index (κ1) is 21.2. The first-order valence-corrected chi connectivity index (χ1v) is 8.37. The van der Waals surface area contributed by atoms with Crippen molar-refractivity contribution in [3.63, 3.8) is 0 Å². The molecule has 8 heteroatoms. The Morgan fingerprint density at radius 3 is 2.92 bits per heavy atom. The predicted molar refractivity (Wildman–Crippen MR) is 106 cm³/mol. The number of rotatable bonds is 8. The minimum atomic E-state index is -0.0177. The minimum absolute atomic E-state index is 0. The van der Waals surface area contributed by atoms with Crippen molar-refractivity contribution in [2.24, 2.45) is 10.4 Å². The van der Waals surface area contributed by atoms with E-state index in [2.05, 4.69) is 22.7 Å². The van der Waals surface area contributed by atoms with Crippen molar-refractivity contribution in [2.75, 3.05) is 39.5 Å². The quantitative estimate of drug-likeness (QED) is 0.314. The molecule has 1 aromatic heterocycles. The molecule has 1 fully saturated rings. The molecule has 1 atom stereocenters. The van der Waals surface area contributed by atoms with E-state index in [0.29, 0.717) is 13.2 Å². The third-order valence-electron chi connectivity index (χ3n) is 4.14. The van der Waals surface area contributed by atoms with Gasteiger partial charge >= 0.3 is 0 Å². The van der Waals surface area contributed by atoms with Gasteiger partial charge in [0.25, 0.3) is 0 Å². The summed E-state index contributed by atoms with van der Waals surface area (Å²) in [6, 6.07) is 0. The van der Waals surface area contributed by atoms with Gasteiger partial charge in [0.05, 0.1) is 25.9 Å². The fourth-order valence-corrected chi connectivity index (χ4v) is 2.75. The molecule has 24 heavy (non-hydrogen) atoms. The Morgan fingerprint density at radius 1 is 1.50 bits per heavy atom. The normalized spacial score (nSPS) is 20.7. The van der Waals surface area contributed by atoms with E-state index in [1.165, 1.54) is 0 Å². The Kier molecular flexibility index (Phi) is 9.60. The van der Waals surface area contributed by atoms with Gasteiger partial charge in [-0.1, -0.05) is 0 Å². The summed E-state index contributed by atoms with van der Waals surface area (Å²) in [4.78, 5) is 4.70. The lowest BCUT2D eigenvalue weighted by Gasteiger charge is -2.24. The summed E-state index contributed by atoms with van der Waals surface area (Å²) >= 11 is 0. The zero-order valence-corrected chi connectivity index (χ0v) is 17.0. The minimum Gasteiger partial charge on any atom is -0.396 e. The maximum atomic E-state index is 9.28. The summed E-state index contributed by atoms with van der Waals surface area (Å²) in [6.07, 6.45) is 5.58. The number of hydrogen-bond donors (Lipinski definition) is 3. The Bertz CT molecular complexity index is 500. The summed E-state index contributed by atoms with van der Waals surface area (Å²) in [5.74, 6) is 0.806. The molecule has 1 aliphatic heterocycles. The van der Waals surface area contributed by atoms with Crippen molar-refractivity contribution in [3.8, 4) is 0 Å². The number of aliphatic imine (C=N–C) groups is 1. The molecule has 1 aliphatic rings. The van der Waals surface area contributed by atoms with Crippen molar-refractivity contribution >= 4 is 29.9 Å². The van der Waals surface area contributed by atoms with Crippen molar-refractivity contribution in [1.29, 1.82) is 0 Å². The smallest absolute Gasteiger partial charge is 0.191 e. The number of guanidine groups is 1. The molecule has 7 nitrogen and oxygen atoms in total. The highest BCUT2D eigenvalue weighted by atomic mass is 127. The van der Waals surface area contributed by atoms with E-state index in [1.807, 2.05) is 24.0 Å².